The van der Waals surface area contributed by atoms with E-state index in [0.717, 1.165) is 0 Å². The van der Waals surface area contributed by atoms with Crippen LogP contribution < -0.4 is 0 Å². The Bertz CT molecular complexity index is 232. The minimum atomic E-state index is 1.18. The largest absolute Gasteiger partial charge is 0.189 e. The number of hydrogen-bond acceptors (Lipinski definition) is 3. The summed E-state index contributed by atoms with van der Waals surface area (Å²) in [7, 11) is 0. The van der Waals surface area contributed by atoms with Gasteiger partial charge in [0.15, 0.2) is 0 Å². The SMILES string of the molecule is [c]1nsc2ccsc12. The molecule has 0 saturated carbocycles. The van der Waals surface area contributed by atoms with Gasteiger partial charge in [-0.05, 0) is 23.0 Å². The van der Waals surface area contributed by atoms with Crippen LogP contribution in [-0.2, 0) is 0 Å². The predicted molar refractivity (Wildman–Crippen MR) is 36.3 cm³/mol. The van der Waals surface area contributed by atoms with Crippen molar-refractivity contribution in [1.82, 2.24) is 4.37 Å². The van der Waals surface area contributed by atoms with Crippen LogP contribution in [0.5, 0.6) is 0 Å². The molecule has 2 aromatic heterocycles. The summed E-state index contributed by atoms with van der Waals surface area (Å²) in [6.07, 6.45) is 2.89. The Kier molecular flexibility index (Phi) is 0.856. The Hall–Kier alpha value is -0.410. The highest BCUT2D eigenvalue weighted by Gasteiger charge is 1.93. The van der Waals surface area contributed by atoms with Crippen LogP contribution in [0, 0.1) is 6.20 Å². The first kappa shape index (κ1) is 4.47. The summed E-state index contributed by atoms with van der Waals surface area (Å²) < 4.78 is 6.31. The Morgan fingerprint density at radius 1 is 1.62 bits per heavy atom. The number of rotatable bonds is 0. The maximum atomic E-state index is 3.89. The number of fused-ring (bicyclic) bond motifs is 1. The molecule has 0 N–H and O–H groups in total. The van der Waals surface area contributed by atoms with Crippen LogP contribution in [0.25, 0.3) is 9.40 Å². The minimum absolute atomic E-state index is 1.18. The van der Waals surface area contributed by atoms with Gasteiger partial charge in [-0.25, -0.2) is 0 Å². The fraction of sp³-hybridized carbons (Fsp3) is 0. The Labute approximate surface area is 54.8 Å². The summed E-state index contributed by atoms with van der Waals surface area (Å²) >= 11 is 3.19. The Morgan fingerprint density at radius 3 is 3.50 bits per heavy atom. The highest BCUT2D eigenvalue weighted by atomic mass is 32.1. The molecule has 0 aliphatic rings. The van der Waals surface area contributed by atoms with Crippen LogP contribution in [0.15, 0.2) is 11.4 Å². The van der Waals surface area contributed by atoms with E-state index in [9.17, 15) is 0 Å². The lowest BCUT2D eigenvalue weighted by molar-refractivity contribution is 1.59. The molecule has 1 radical (unpaired) electrons. The van der Waals surface area contributed by atoms with Gasteiger partial charge in [0.25, 0.3) is 0 Å². The first-order chi connectivity index (χ1) is 3.97. The molecule has 1 nitrogen and oxygen atoms in total. The van der Waals surface area contributed by atoms with Crippen molar-refractivity contribution < 1.29 is 0 Å². The van der Waals surface area contributed by atoms with Gasteiger partial charge in [-0.1, -0.05) is 0 Å². The van der Waals surface area contributed by atoms with Crippen molar-refractivity contribution in [3.05, 3.63) is 17.6 Å². The smallest absolute Gasteiger partial charge is 0.123 e. The summed E-state index contributed by atoms with van der Waals surface area (Å²) in [4.78, 5) is 0. The van der Waals surface area contributed by atoms with Crippen LogP contribution in [0.3, 0.4) is 0 Å². The van der Waals surface area contributed by atoms with Crippen molar-refractivity contribution in [3.8, 4) is 0 Å². The second kappa shape index (κ2) is 1.53. The molecule has 0 unspecified atom stereocenters. The number of nitrogens with zero attached hydrogens (tertiary/aromatic N) is 1. The summed E-state index contributed by atoms with van der Waals surface area (Å²) in [6, 6.07) is 2.06. The molecule has 39 valence electrons. The zero-order chi connectivity index (χ0) is 5.40. The van der Waals surface area contributed by atoms with Gasteiger partial charge in [0, 0.05) is 0 Å². The van der Waals surface area contributed by atoms with E-state index in [1.165, 1.54) is 20.9 Å². The fourth-order valence-corrected chi connectivity index (χ4v) is 2.08. The van der Waals surface area contributed by atoms with Crippen molar-refractivity contribution in [1.29, 1.82) is 0 Å². The fourth-order valence-electron chi connectivity index (χ4n) is 0.564. The molecule has 2 heterocycles. The molecule has 0 fully saturated rings. The molecule has 2 rings (SSSR count). The quantitative estimate of drug-likeness (QED) is 0.546. The molecular formula is C5H2NS2. The lowest BCUT2D eigenvalue weighted by Gasteiger charge is -1.60. The molecule has 0 bridgehead atoms. The molecular weight excluding hydrogens is 138 g/mol. The van der Waals surface area contributed by atoms with E-state index in [0.29, 0.717) is 0 Å². The van der Waals surface area contributed by atoms with Gasteiger partial charge >= 0.3 is 0 Å². The van der Waals surface area contributed by atoms with Crippen molar-refractivity contribution in [2.75, 3.05) is 0 Å². The topological polar surface area (TPSA) is 12.9 Å². The third-order valence-corrected chi connectivity index (χ3v) is 2.59. The Balaban J connectivity index is 3.06. The number of aromatic nitrogens is 1. The predicted octanol–water partition coefficient (Wildman–Crippen LogP) is 2.16. The molecule has 0 aliphatic carbocycles. The Morgan fingerprint density at radius 2 is 2.62 bits per heavy atom. The first-order valence-electron chi connectivity index (χ1n) is 2.17. The van der Waals surface area contributed by atoms with E-state index in [1.807, 2.05) is 0 Å². The van der Waals surface area contributed by atoms with Gasteiger partial charge in [-0.3, -0.25) is 0 Å². The van der Waals surface area contributed by atoms with Crippen molar-refractivity contribution in [2.45, 2.75) is 0 Å². The third-order valence-electron chi connectivity index (χ3n) is 0.920. The van der Waals surface area contributed by atoms with Gasteiger partial charge in [0.05, 0.1) is 9.40 Å². The zero-order valence-electron chi connectivity index (χ0n) is 3.92. The van der Waals surface area contributed by atoms with Crippen LogP contribution in [0.1, 0.15) is 0 Å². The maximum Gasteiger partial charge on any atom is 0.123 e. The molecule has 2 aromatic rings. The van der Waals surface area contributed by atoms with Crippen LogP contribution in [-0.4, -0.2) is 4.37 Å². The molecule has 0 saturated heterocycles. The van der Waals surface area contributed by atoms with E-state index < -0.39 is 0 Å². The van der Waals surface area contributed by atoms with Gasteiger partial charge in [-0.2, -0.15) is 4.37 Å². The van der Waals surface area contributed by atoms with Crippen LogP contribution >= 0.6 is 22.9 Å². The van der Waals surface area contributed by atoms with E-state index in [2.05, 4.69) is 22.0 Å². The van der Waals surface area contributed by atoms with Gasteiger partial charge in [0.1, 0.15) is 6.20 Å². The van der Waals surface area contributed by atoms with Crippen molar-refractivity contribution >= 4 is 32.3 Å². The first-order valence-corrected chi connectivity index (χ1v) is 3.83. The standard InChI is InChI=1S/C5H2NS2/c1-2-7-5-3-6-8-4(1)5/h1-2H. The van der Waals surface area contributed by atoms with Crippen molar-refractivity contribution in [2.24, 2.45) is 0 Å². The highest BCUT2D eigenvalue weighted by molar-refractivity contribution is 7.24. The van der Waals surface area contributed by atoms with Gasteiger partial charge in [0.2, 0.25) is 0 Å². The molecule has 0 aliphatic heterocycles. The normalized spacial score (nSPS) is 10.5. The summed E-state index contributed by atoms with van der Waals surface area (Å²) in [5.74, 6) is 0. The second-order valence-corrected chi connectivity index (χ2v) is 3.13. The monoisotopic (exact) mass is 140 g/mol. The highest BCUT2D eigenvalue weighted by Crippen LogP contribution is 2.22. The van der Waals surface area contributed by atoms with Crippen LogP contribution in [0.4, 0.5) is 0 Å². The van der Waals surface area contributed by atoms with E-state index in [1.54, 1.807) is 11.3 Å². The van der Waals surface area contributed by atoms with Gasteiger partial charge in [-0.15, -0.1) is 11.3 Å². The summed E-state index contributed by atoms with van der Waals surface area (Å²) in [5.41, 5.74) is 0. The lowest BCUT2D eigenvalue weighted by Crippen LogP contribution is -1.39. The van der Waals surface area contributed by atoms with E-state index >= 15 is 0 Å². The number of hydrogen-bond donors (Lipinski definition) is 0. The molecule has 8 heavy (non-hydrogen) atoms. The summed E-state index contributed by atoms with van der Waals surface area (Å²) in [5, 5.41) is 2.05. The molecule has 0 amide bonds. The van der Waals surface area contributed by atoms with E-state index in [-0.39, 0.29) is 0 Å². The second-order valence-electron chi connectivity index (χ2n) is 1.41. The summed E-state index contributed by atoms with van der Waals surface area (Å²) in [6.45, 7) is 0. The minimum Gasteiger partial charge on any atom is -0.189 e. The third kappa shape index (κ3) is 0.485. The molecule has 3 heteroatoms. The molecule has 0 aromatic carbocycles. The average molecular weight is 140 g/mol. The zero-order valence-corrected chi connectivity index (χ0v) is 5.55. The average Bonchev–Trinajstić information content (AvgIpc) is 2.15. The van der Waals surface area contributed by atoms with Crippen molar-refractivity contribution in [3.63, 3.8) is 0 Å². The van der Waals surface area contributed by atoms with E-state index in [4.69, 9.17) is 0 Å². The van der Waals surface area contributed by atoms with Crippen LogP contribution in [0.2, 0.25) is 0 Å². The molecule has 0 atom stereocenters. The maximum absolute atomic E-state index is 3.89. The molecule has 0 spiro atoms. The van der Waals surface area contributed by atoms with Gasteiger partial charge < -0.3 is 0 Å². The number of thiophene rings is 1. The lowest BCUT2D eigenvalue weighted by atomic mass is 10.6.